The molecule has 0 atom stereocenters. The smallest absolute Gasteiger partial charge is 0.148 e. The van der Waals surface area contributed by atoms with Crippen LogP contribution in [0.1, 0.15) is 11.1 Å². The minimum Gasteiger partial charge on any atom is -0.497 e. The summed E-state index contributed by atoms with van der Waals surface area (Å²) in [6, 6.07) is 30.9. The number of nitrogens with zero attached hydrogens (tertiary/aromatic N) is 6. The van der Waals surface area contributed by atoms with Crippen LogP contribution in [0.5, 0.6) is 5.75 Å². The van der Waals surface area contributed by atoms with Crippen molar-refractivity contribution in [1.29, 1.82) is 26.3 Å². The number of methoxy groups -OCH3 is 1. The summed E-state index contributed by atoms with van der Waals surface area (Å²) in [6.45, 7) is 0. The minimum atomic E-state index is -0.245. The molecule has 0 bridgehead atoms. The molecule has 3 aromatic carbocycles. The van der Waals surface area contributed by atoms with Gasteiger partial charge < -0.3 is 9.64 Å². The van der Waals surface area contributed by atoms with Crippen molar-refractivity contribution >= 4 is 28.7 Å². The van der Waals surface area contributed by atoms with Crippen LogP contribution in [0.3, 0.4) is 0 Å². The number of anilines is 3. The summed E-state index contributed by atoms with van der Waals surface area (Å²) >= 11 is 0. The van der Waals surface area contributed by atoms with Gasteiger partial charge in [-0.05, 0) is 65.7 Å². The first-order valence-electron chi connectivity index (χ1n) is 10.2. The van der Waals surface area contributed by atoms with Crippen LogP contribution in [0, 0.1) is 56.7 Å². The summed E-state index contributed by atoms with van der Waals surface area (Å²) in [6.07, 6.45) is 1.51. The van der Waals surface area contributed by atoms with E-state index in [1.807, 2.05) is 59.5 Å². The first-order chi connectivity index (χ1) is 17.1. The van der Waals surface area contributed by atoms with Crippen LogP contribution < -0.4 is 9.64 Å². The van der Waals surface area contributed by atoms with E-state index in [9.17, 15) is 5.26 Å². The number of rotatable bonds is 6. The van der Waals surface area contributed by atoms with Crippen molar-refractivity contribution in [3.63, 3.8) is 0 Å². The molecule has 0 aromatic heterocycles. The molecule has 164 valence electrons. The summed E-state index contributed by atoms with van der Waals surface area (Å²) < 4.78 is 5.27. The van der Waals surface area contributed by atoms with Gasteiger partial charge in [0, 0.05) is 17.1 Å². The maximum absolute atomic E-state index is 9.44. The lowest BCUT2D eigenvalue weighted by Gasteiger charge is -2.26. The van der Waals surface area contributed by atoms with Crippen LogP contribution in [0.2, 0.25) is 0 Å². The van der Waals surface area contributed by atoms with Gasteiger partial charge >= 0.3 is 0 Å². The van der Waals surface area contributed by atoms with Crippen molar-refractivity contribution in [2.24, 2.45) is 0 Å². The van der Waals surface area contributed by atoms with Crippen molar-refractivity contribution in [1.82, 2.24) is 0 Å². The molecule has 7 nitrogen and oxygen atoms in total. The number of benzene rings is 3. The predicted octanol–water partition coefficient (Wildman–Crippen LogP) is 5.92. The summed E-state index contributed by atoms with van der Waals surface area (Å²) in [5.41, 5.74) is 3.36. The van der Waals surface area contributed by atoms with Crippen LogP contribution >= 0.6 is 0 Å². The largest absolute Gasteiger partial charge is 0.497 e. The average molecular weight is 452 g/mol. The second kappa shape index (κ2) is 11.2. The number of hydrogen-bond acceptors (Lipinski definition) is 7. The number of allylic oxidation sites excluding steroid dienone is 3. The van der Waals surface area contributed by atoms with Crippen molar-refractivity contribution in [3.8, 4) is 36.1 Å². The van der Waals surface area contributed by atoms with E-state index >= 15 is 0 Å². The van der Waals surface area contributed by atoms with Gasteiger partial charge in [-0.25, -0.2) is 0 Å². The molecule has 3 rings (SSSR count). The Hall–Kier alpha value is -5.81. The van der Waals surface area contributed by atoms with E-state index in [2.05, 4.69) is 0 Å². The van der Waals surface area contributed by atoms with Crippen molar-refractivity contribution in [2.75, 3.05) is 12.0 Å². The number of nitriles is 5. The molecule has 7 heteroatoms. The molecule has 35 heavy (non-hydrogen) atoms. The van der Waals surface area contributed by atoms with Crippen LogP contribution in [-0.4, -0.2) is 7.11 Å². The van der Waals surface area contributed by atoms with Gasteiger partial charge in [-0.2, -0.15) is 26.3 Å². The molecule has 0 N–H and O–H groups in total. The zero-order valence-electron chi connectivity index (χ0n) is 18.6. The lowest BCUT2D eigenvalue weighted by molar-refractivity contribution is 0.415. The molecular formula is C28H16N6O. The van der Waals surface area contributed by atoms with Gasteiger partial charge in [0.2, 0.25) is 0 Å². The summed E-state index contributed by atoms with van der Waals surface area (Å²) in [5.74, 6) is 0.703. The second-order valence-electron chi connectivity index (χ2n) is 7.04. The molecule has 3 aromatic rings. The van der Waals surface area contributed by atoms with Gasteiger partial charge in [0.15, 0.2) is 0 Å². The Morgan fingerprint density at radius 1 is 0.657 bits per heavy atom. The van der Waals surface area contributed by atoms with Gasteiger partial charge in [0.25, 0.3) is 0 Å². The molecule has 0 aliphatic carbocycles. The fraction of sp³-hybridized carbons (Fsp3) is 0.0357. The van der Waals surface area contributed by atoms with Crippen molar-refractivity contribution < 1.29 is 4.74 Å². The lowest BCUT2D eigenvalue weighted by atomic mass is 10.0. The quantitative estimate of drug-likeness (QED) is 0.424. The maximum atomic E-state index is 9.44. The molecule has 0 saturated heterocycles. The van der Waals surface area contributed by atoms with E-state index < -0.39 is 0 Å². The number of ether oxygens (including phenoxy) is 1. The van der Waals surface area contributed by atoms with E-state index in [0.717, 1.165) is 17.1 Å². The third kappa shape index (κ3) is 5.34. The van der Waals surface area contributed by atoms with Gasteiger partial charge in [-0.1, -0.05) is 24.3 Å². The molecule has 0 heterocycles. The first-order valence-corrected chi connectivity index (χ1v) is 10.2. The Labute approximate surface area is 203 Å². The Kier molecular flexibility index (Phi) is 7.61. The van der Waals surface area contributed by atoms with E-state index in [1.165, 1.54) is 6.08 Å². The Bertz CT molecular complexity index is 1460. The molecule has 0 radical (unpaired) electrons. The SMILES string of the molecule is COc1ccc(N(c2ccc(C=C(C#N)C#N)cc2)c2ccc(C(C#N)=C(C#N)C#N)cc2)cc1. The van der Waals surface area contributed by atoms with Gasteiger partial charge in [-0.3, -0.25) is 0 Å². The van der Waals surface area contributed by atoms with Crippen LogP contribution in [0.4, 0.5) is 17.1 Å². The highest BCUT2D eigenvalue weighted by Gasteiger charge is 2.14. The van der Waals surface area contributed by atoms with Crippen LogP contribution in [0.25, 0.3) is 11.6 Å². The molecule has 0 aliphatic rings. The predicted molar refractivity (Wildman–Crippen MR) is 131 cm³/mol. The fourth-order valence-electron chi connectivity index (χ4n) is 3.33. The normalized spacial score (nSPS) is 9.14. The Morgan fingerprint density at radius 3 is 1.57 bits per heavy atom. The van der Waals surface area contributed by atoms with E-state index in [-0.39, 0.29) is 16.7 Å². The molecule has 0 spiro atoms. The lowest BCUT2D eigenvalue weighted by Crippen LogP contribution is -2.10. The van der Waals surface area contributed by atoms with E-state index in [1.54, 1.807) is 55.6 Å². The van der Waals surface area contributed by atoms with E-state index in [4.69, 9.17) is 25.8 Å². The number of hydrogen-bond donors (Lipinski definition) is 0. The van der Waals surface area contributed by atoms with Gasteiger partial charge in [0.05, 0.1) is 12.7 Å². The summed E-state index contributed by atoms with van der Waals surface area (Å²) in [7, 11) is 1.59. The Morgan fingerprint density at radius 2 is 1.14 bits per heavy atom. The molecule has 0 aliphatic heterocycles. The third-order valence-electron chi connectivity index (χ3n) is 5.03. The second-order valence-corrected chi connectivity index (χ2v) is 7.04. The molecule has 0 amide bonds. The van der Waals surface area contributed by atoms with Gasteiger partial charge in [0.1, 0.15) is 47.2 Å². The average Bonchev–Trinajstić information content (AvgIpc) is 2.92. The van der Waals surface area contributed by atoms with E-state index in [0.29, 0.717) is 16.9 Å². The fourth-order valence-corrected chi connectivity index (χ4v) is 3.33. The molecule has 0 unspecified atom stereocenters. The highest BCUT2D eigenvalue weighted by Crippen LogP contribution is 2.36. The monoisotopic (exact) mass is 452 g/mol. The molecular weight excluding hydrogens is 436 g/mol. The highest BCUT2D eigenvalue weighted by atomic mass is 16.5. The highest BCUT2D eigenvalue weighted by molar-refractivity contribution is 5.86. The third-order valence-corrected chi connectivity index (χ3v) is 5.03. The summed E-state index contributed by atoms with van der Waals surface area (Å²) in [5, 5.41) is 45.7. The maximum Gasteiger partial charge on any atom is 0.148 e. The van der Waals surface area contributed by atoms with Crippen molar-refractivity contribution in [2.45, 2.75) is 0 Å². The molecule has 0 saturated carbocycles. The van der Waals surface area contributed by atoms with Crippen LogP contribution in [0.15, 0.2) is 83.9 Å². The van der Waals surface area contributed by atoms with Crippen LogP contribution in [-0.2, 0) is 0 Å². The van der Waals surface area contributed by atoms with Gasteiger partial charge in [-0.15, -0.1) is 0 Å². The summed E-state index contributed by atoms with van der Waals surface area (Å²) in [4.78, 5) is 1.97. The standard InChI is InChI=1S/C28H16N6O/c1-35-27-12-10-26(11-13-27)34(24-6-2-20(3-7-24)14-21(15-29)16-30)25-8-4-22(5-9-25)28(19-33)23(17-31)18-32/h2-14H,1H3. The zero-order chi connectivity index (χ0) is 25.2. The molecule has 0 fully saturated rings. The first kappa shape index (κ1) is 23.8. The zero-order valence-corrected chi connectivity index (χ0v) is 18.6. The Balaban J connectivity index is 2.09. The topological polar surface area (TPSA) is 131 Å². The van der Waals surface area contributed by atoms with Crippen molar-refractivity contribution in [3.05, 3.63) is 95.1 Å². The minimum absolute atomic E-state index is 0.0100.